The maximum absolute atomic E-state index is 12.0. The van der Waals surface area contributed by atoms with Crippen LogP contribution in [-0.2, 0) is 0 Å². The molecule has 7 heteroatoms. The molecule has 3 aromatic rings. The second-order valence-electron chi connectivity index (χ2n) is 4.61. The quantitative estimate of drug-likeness (QED) is 0.405. The fourth-order valence-corrected chi connectivity index (χ4v) is 1.92. The van der Waals surface area contributed by atoms with E-state index >= 15 is 0 Å². The lowest BCUT2D eigenvalue weighted by Gasteiger charge is -2.04. The molecule has 0 radical (unpaired) electrons. The highest BCUT2D eigenvalue weighted by Crippen LogP contribution is 2.30. The summed E-state index contributed by atoms with van der Waals surface area (Å²) in [5, 5.41) is 28.1. The topological polar surface area (TPSA) is 114 Å². The lowest BCUT2D eigenvalue weighted by Crippen LogP contribution is -1.99. The van der Waals surface area contributed by atoms with Crippen LogP contribution in [-0.4, -0.2) is 22.2 Å². The van der Waals surface area contributed by atoms with Crippen LogP contribution in [0.15, 0.2) is 57.7 Å². The van der Waals surface area contributed by atoms with Gasteiger partial charge in [-0.05, 0) is 30.3 Å². The predicted molar refractivity (Wildman–Crippen MR) is 84.2 cm³/mol. The van der Waals surface area contributed by atoms with Crippen molar-refractivity contribution in [3.05, 3.63) is 68.9 Å². The van der Waals surface area contributed by atoms with E-state index in [9.17, 15) is 15.0 Å². The van der Waals surface area contributed by atoms with Gasteiger partial charge in [0.15, 0.2) is 24.0 Å². The summed E-state index contributed by atoms with van der Waals surface area (Å²) >= 11 is 0. The third-order valence-corrected chi connectivity index (χ3v) is 2.89. The second-order valence-corrected chi connectivity index (χ2v) is 4.61. The summed E-state index contributed by atoms with van der Waals surface area (Å²) in [6.45, 7) is 0. The molecule has 1 heterocycles. The Morgan fingerprint density at radius 3 is 2.35 bits per heavy atom. The van der Waals surface area contributed by atoms with Crippen molar-refractivity contribution in [1.29, 1.82) is 0 Å². The van der Waals surface area contributed by atoms with Crippen LogP contribution < -0.4 is 5.43 Å². The van der Waals surface area contributed by atoms with Gasteiger partial charge in [0.25, 0.3) is 0 Å². The molecule has 2 N–H and O–H groups in total. The molecule has 0 aliphatic rings. The second kappa shape index (κ2) is 6.61. The molecule has 0 spiro atoms. The number of hydrogen-bond donors (Lipinski definition) is 2. The Hall–Kier alpha value is -3.35. The van der Waals surface area contributed by atoms with Crippen molar-refractivity contribution in [2.45, 2.75) is 0 Å². The lowest BCUT2D eigenvalue weighted by molar-refractivity contribution is -0.445. The van der Waals surface area contributed by atoms with Gasteiger partial charge in [-0.3, -0.25) is 14.9 Å². The molecule has 1 aromatic heterocycles. The van der Waals surface area contributed by atoms with E-state index in [-0.39, 0.29) is 16.9 Å². The number of hydrogen-bond acceptors (Lipinski definition) is 6. The van der Waals surface area contributed by atoms with Crippen LogP contribution in [0.4, 0.5) is 0 Å². The fourth-order valence-electron chi connectivity index (χ4n) is 1.92. The molecule has 0 amide bonds. The summed E-state index contributed by atoms with van der Waals surface area (Å²) < 4.78 is 5.63. The van der Waals surface area contributed by atoms with E-state index in [0.717, 1.165) is 7.05 Å². The zero-order valence-corrected chi connectivity index (χ0v) is 12.1. The molecule has 0 saturated carbocycles. The van der Waals surface area contributed by atoms with Crippen LogP contribution in [0.2, 0.25) is 0 Å². The molecular formula is C16H13NO6. The van der Waals surface area contributed by atoms with Crippen LogP contribution in [0.25, 0.3) is 22.3 Å². The molecule has 23 heavy (non-hydrogen) atoms. The van der Waals surface area contributed by atoms with Crippen LogP contribution >= 0.6 is 0 Å². The minimum absolute atomic E-state index is 0.149. The Kier molecular flexibility index (Phi) is 4.61. The van der Waals surface area contributed by atoms with Crippen molar-refractivity contribution in [3.8, 4) is 22.8 Å². The van der Waals surface area contributed by atoms with Crippen LogP contribution in [0.3, 0.4) is 0 Å². The van der Waals surface area contributed by atoms with Gasteiger partial charge in [-0.2, -0.15) is 0 Å². The normalized spacial score (nSPS) is 9.96. The summed E-state index contributed by atoms with van der Waals surface area (Å²) in [6, 6.07) is 12.6. The van der Waals surface area contributed by atoms with Gasteiger partial charge < -0.3 is 14.6 Å². The van der Waals surface area contributed by atoms with E-state index in [1.807, 2.05) is 0 Å². The molecule has 0 unspecified atom stereocenters. The number of nitro groups is 1. The third kappa shape index (κ3) is 3.85. The first-order valence-corrected chi connectivity index (χ1v) is 6.51. The molecule has 3 rings (SSSR count). The summed E-state index contributed by atoms with van der Waals surface area (Å²) in [5.41, 5.74) is 0.861. The molecular weight excluding hydrogens is 302 g/mol. The maximum Gasteiger partial charge on any atom is 0.194 e. The number of fused-ring (bicyclic) bond motifs is 1. The average molecular weight is 315 g/mol. The van der Waals surface area contributed by atoms with Crippen molar-refractivity contribution in [2.24, 2.45) is 0 Å². The maximum atomic E-state index is 12.0. The van der Waals surface area contributed by atoms with Gasteiger partial charge in [0.1, 0.15) is 11.3 Å². The minimum Gasteiger partial charge on any atom is -0.504 e. The SMILES string of the molecule is C[N+](=O)[O-].O=c1cc(-c2ccc(O)c(O)c2)oc2ccccc12. The summed E-state index contributed by atoms with van der Waals surface area (Å²) in [4.78, 5) is 20.3. The van der Waals surface area contributed by atoms with E-state index in [4.69, 9.17) is 14.5 Å². The number of para-hydroxylation sites is 1. The minimum atomic E-state index is -0.500. The van der Waals surface area contributed by atoms with Gasteiger partial charge in [-0.1, -0.05) is 12.1 Å². The molecule has 2 aromatic carbocycles. The van der Waals surface area contributed by atoms with Crippen molar-refractivity contribution in [1.82, 2.24) is 0 Å². The number of rotatable bonds is 1. The average Bonchev–Trinajstić information content (AvgIpc) is 2.49. The first-order chi connectivity index (χ1) is 10.9. The number of aromatic hydroxyl groups is 2. The molecule has 118 valence electrons. The monoisotopic (exact) mass is 315 g/mol. The molecule has 0 saturated heterocycles. The van der Waals surface area contributed by atoms with Crippen LogP contribution in [0.1, 0.15) is 0 Å². The highest BCUT2D eigenvalue weighted by molar-refractivity contribution is 5.78. The number of phenols is 2. The fraction of sp³-hybridized carbons (Fsp3) is 0.0625. The molecule has 0 bridgehead atoms. The summed E-state index contributed by atoms with van der Waals surface area (Å²) in [7, 11) is 0.889. The first-order valence-electron chi connectivity index (χ1n) is 6.51. The van der Waals surface area contributed by atoms with Gasteiger partial charge >= 0.3 is 0 Å². The highest BCUT2D eigenvalue weighted by atomic mass is 16.6. The van der Waals surface area contributed by atoms with Gasteiger partial charge in [0, 0.05) is 16.6 Å². The molecule has 0 aliphatic carbocycles. The lowest BCUT2D eigenvalue weighted by atomic mass is 10.1. The third-order valence-electron chi connectivity index (χ3n) is 2.89. The van der Waals surface area contributed by atoms with E-state index in [1.165, 1.54) is 18.2 Å². The Morgan fingerprint density at radius 1 is 1.04 bits per heavy atom. The molecule has 0 fully saturated rings. The van der Waals surface area contributed by atoms with E-state index < -0.39 is 4.92 Å². The standard InChI is InChI=1S/C15H10O4.CH3NO2/c16-11-6-5-9(7-13(11)18)15-8-12(17)10-3-1-2-4-14(10)19-15;1-2(3)4/h1-8,16,18H;1H3. The van der Waals surface area contributed by atoms with E-state index in [1.54, 1.807) is 30.3 Å². The van der Waals surface area contributed by atoms with Crippen molar-refractivity contribution >= 4 is 11.0 Å². The largest absolute Gasteiger partial charge is 0.504 e. The van der Waals surface area contributed by atoms with Gasteiger partial charge in [-0.25, -0.2) is 0 Å². The molecule has 7 nitrogen and oxygen atoms in total. The van der Waals surface area contributed by atoms with Crippen molar-refractivity contribution in [2.75, 3.05) is 7.05 Å². The van der Waals surface area contributed by atoms with Gasteiger partial charge in [0.2, 0.25) is 0 Å². The predicted octanol–water partition coefficient (Wildman–Crippen LogP) is 2.76. The van der Waals surface area contributed by atoms with Gasteiger partial charge in [0.05, 0.1) is 5.39 Å². The summed E-state index contributed by atoms with van der Waals surface area (Å²) in [6.07, 6.45) is 0. The zero-order chi connectivity index (χ0) is 17.0. The Bertz CT molecular complexity index is 912. The smallest absolute Gasteiger partial charge is 0.194 e. The molecule has 0 aliphatic heterocycles. The molecule has 0 atom stereocenters. The van der Waals surface area contributed by atoms with Crippen LogP contribution in [0, 0.1) is 10.1 Å². The number of benzene rings is 2. The van der Waals surface area contributed by atoms with E-state index in [0.29, 0.717) is 22.3 Å². The zero-order valence-electron chi connectivity index (χ0n) is 12.1. The first kappa shape index (κ1) is 16.0. The van der Waals surface area contributed by atoms with Crippen molar-refractivity contribution in [3.63, 3.8) is 0 Å². The van der Waals surface area contributed by atoms with E-state index in [2.05, 4.69) is 0 Å². The van der Waals surface area contributed by atoms with Crippen molar-refractivity contribution < 1.29 is 19.6 Å². The van der Waals surface area contributed by atoms with Gasteiger partial charge in [-0.15, -0.1) is 0 Å². The Balaban J connectivity index is 0.000000433. The number of nitrogens with zero attached hydrogens (tertiary/aromatic N) is 1. The highest BCUT2D eigenvalue weighted by Gasteiger charge is 2.08. The Morgan fingerprint density at radius 2 is 1.70 bits per heavy atom. The van der Waals surface area contributed by atoms with Crippen LogP contribution in [0.5, 0.6) is 11.5 Å². The summed E-state index contributed by atoms with van der Waals surface area (Å²) in [5.74, 6) is -0.126. The Labute approximate surface area is 130 Å². The number of phenolic OH excluding ortho intramolecular Hbond substituents is 2.